The monoisotopic (exact) mass is 444 g/mol. The molecule has 0 aromatic heterocycles. The van der Waals surface area contributed by atoms with Gasteiger partial charge in [-0.05, 0) is 36.8 Å². The molecule has 0 bridgehead atoms. The first kappa shape index (κ1) is 22.0. The van der Waals surface area contributed by atoms with E-state index < -0.39 is 11.8 Å². The number of rotatable bonds is 8. The van der Waals surface area contributed by atoms with Crippen molar-refractivity contribution in [3.8, 4) is 17.2 Å². The molecule has 4 rings (SSSR count). The average molecular weight is 444 g/mol. The second kappa shape index (κ2) is 9.48. The SMILES string of the molecule is CCOc1ccc(NC2=C(c3ccccc3)C(=O)N(c3cc(OC)cc(OC)c3)C2=O)cc1. The topological polar surface area (TPSA) is 77.1 Å². The number of imide groups is 1. The molecule has 1 aliphatic heterocycles. The molecule has 1 aliphatic rings. The molecule has 33 heavy (non-hydrogen) atoms. The summed E-state index contributed by atoms with van der Waals surface area (Å²) in [4.78, 5) is 28.2. The molecule has 1 N–H and O–H groups in total. The third kappa shape index (κ3) is 4.39. The van der Waals surface area contributed by atoms with Crippen molar-refractivity contribution in [2.45, 2.75) is 6.92 Å². The molecule has 3 aromatic carbocycles. The van der Waals surface area contributed by atoms with Crippen molar-refractivity contribution in [2.75, 3.05) is 31.0 Å². The third-order valence-corrected chi connectivity index (χ3v) is 5.18. The number of amides is 2. The van der Waals surface area contributed by atoms with Gasteiger partial charge >= 0.3 is 0 Å². The Morgan fingerprint density at radius 2 is 1.42 bits per heavy atom. The highest BCUT2D eigenvalue weighted by Gasteiger charge is 2.40. The van der Waals surface area contributed by atoms with Gasteiger partial charge in [0.1, 0.15) is 22.9 Å². The van der Waals surface area contributed by atoms with E-state index in [9.17, 15) is 9.59 Å². The number of anilines is 2. The maximum Gasteiger partial charge on any atom is 0.282 e. The van der Waals surface area contributed by atoms with E-state index in [1.807, 2.05) is 25.1 Å². The number of nitrogens with one attached hydrogen (secondary N) is 1. The van der Waals surface area contributed by atoms with E-state index >= 15 is 0 Å². The molecule has 3 aromatic rings. The number of carbonyl (C=O) groups excluding carboxylic acids is 2. The first-order valence-electron chi connectivity index (χ1n) is 10.5. The van der Waals surface area contributed by atoms with Crippen LogP contribution < -0.4 is 24.4 Å². The summed E-state index contributed by atoms with van der Waals surface area (Å²) in [6.07, 6.45) is 0. The van der Waals surface area contributed by atoms with Gasteiger partial charge in [0, 0.05) is 23.9 Å². The molecule has 0 unspecified atom stereocenters. The van der Waals surface area contributed by atoms with Crippen LogP contribution in [0.4, 0.5) is 11.4 Å². The van der Waals surface area contributed by atoms with Crippen molar-refractivity contribution in [3.05, 3.63) is 84.1 Å². The molecule has 7 heteroatoms. The Bertz CT molecular complexity index is 1180. The van der Waals surface area contributed by atoms with Crippen LogP contribution in [0.1, 0.15) is 12.5 Å². The molecular weight excluding hydrogens is 420 g/mol. The third-order valence-electron chi connectivity index (χ3n) is 5.18. The second-order valence-electron chi connectivity index (χ2n) is 7.21. The Kier molecular flexibility index (Phi) is 6.31. The van der Waals surface area contributed by atoms with E-state index in [0.717, 1.165) is 10.6 Å². The van der Waals surface area contributed by atoms with E-state index in [0.29, 0.717) is 35.0 Å². The quantitative estimate of drug-likeness (QED) is 0.516. The van der Waals surface area contributed by atoms with Gasteiger partial charge in [0.25, 0.3) is 11.8 Å². The van der Waals surface area contributed by atoms with Crippen LogP contribution in [0.25, 0.3) is 5.57 Å². The largest absolute Gasteiger partial charge is 0.497 e. The molecule has 0 spiro atoms. The Morgan fingerprint density at radius 1 is 0.788 bits per heavy atom. The number of benzene rings is 3. The first-order valence-corrected chi connectivity index (χ1v) is 10.5. The summed E-state index contributed by atoms with van der Waals surface area (Å²) in [7, 11) is 3.03. The lowest BCUT2D eigenvalue weighted by Crippen LogP contribution is -2.32. The van der Waals surface area contributed by atoms with Crippen molar-refractivity contribution in [3.63, 3.8) is 0 Å². The van der Waals surface area contributed by atoms with Gasteiger partial charge < -0.3 is 19.5 Å². The van der Waals surface area contributed by atoms with Crippen molar-refractivity contribution < 1.29 is 23.8 Å². The maximum absolute atomic E-state index is 13.6. The number of hydrogen-bond donors (Lipinski definition) is 1. The lowest BCUT2D eigenvalue weighted by molar-refractivity contribution is -0.120. The van der Waals surface area contributed by atoms with Crippen LogP contribution in [-0.4, -0.2) is 32.6 Å². The zero-order valence-corrected chi connectivity index (χ0v) is 18.6. The van der Waals surface area contributed by atoms with Crippen molar-refractivity contribution in [1.82, 2.24) is 0 Å². The minimum absolute atomic E-state index is 0.192. The van der Waals surface area contributed by atoms with E-state index in [1.54, 1.807) is 54.6 Å². The summed E-state index contributed by atoms with van der Waals surface area (Å²) >= 11 is 0. The predicted molar refractivity (Wildman–Crippen MR) is 127 cm³/mol. The molecule has 1 heterocycles. The first-order chi connectivity index (χ1) is 16.0. The van der Waals surface area contributed by atoms with E-state index in [4.69, 9.17) is 14.2 Å². The van der Waals surface area contributed by atoms with Gasteiger partial charge in [-0.2, -0.15) is 0 Å². The smallest absolute Gasteiger partial charge is 0.282 e. The zero-order chi connectivity index (χ0) is 23.4. The Hall–Kier alpha value is -4.26. The summed E-state index contributed by atoms with van der Waals surface area (Å²) < 4.78 is 16.1. The molecule has 0 radical (unpaired) electrons. The van der Waals surface area contributed by atoms with Crippen molar-refractivity contribution in [2.24, 2.45) is 0 Å². The summed E-state index contributed by atoms with van der Waals surface area (Å²) in [5, 5.41) is 3.15. The maximum atomic E-state index is 13.6. The van der Waals surface area contributed by atoms with Crippen molar-refractivity contribution >= 4 is 28.8 Å². The van der Waals surface area contributed by atoms with Crippen LogP contribution in [0.15, 0.2) is 78.5 Å². The van der Waals surface area contributed by atoms with Gasteiger partial charge in [0.2, 0.25) is 0 Å². The van der Waals surface area contributed by atoms with Gasteiger partial charge in [0.15, 0.2) is 0 Å². The van der Waals surface area contributed by atoms with Gasteiger partial charge in [0.05, 0.1) is 32.1 Å². The molecule has 7 nitrogen and oxygen atoms in total. The van der Waals surface area contributed by atoms with Gasteiger partial charge in [-0.25, -0.2) is 4.90 Å². The van der Waals surface area contributed by atoms with Crippen LogP contribution in [0.2, 0.25) is 0 Å². The summed E-state index contributed by atoms with van der Waals surface area (Å²) in [6, 6.07) is 21.3. The Balaban J connectivity index is 1.77. The Labute approximate surface area is 192 Å². The lowest BCUT2D eigenvalue weighted by Gasteiger charge is -2.17. The molecule has 2 amide bonds. The molecule has 0 saturated carbocycles. The average Bonchev–Trinajstić information content (AvgIpc) is 3.09. The van der Waals surface area contributed by atoms with Crippen LogP contribution in [0.3, 0.4) is 0 Å². The highest BCUT2D eigenvalue weighted by Crippen LogP contribution is 2.37. The summed E-state index contributed by atoms with van der Waals surface area (Å²) in [6.45, 7) is 2.47. The number of carbonyl (C=O) groups is 2. The number of methoxy groups -OCH3 is 2. The number of ether oxygens (including phenoxy) is 3. The summed E-state index contributed by atoms with van der Waals surface area (Å²) in [5.41, 5.74) is 2.14. The molecule has 0 fully saturated rings. The highest BCUT2D eigenvalue weighted by molar-refractivity contribution is 6.46. The van der Waals surface area contributed by atoms with Gasteiger partial charge in [-0.3, -0.25) is 9.59 Å². The molecule has 0 atom stereocenters. The van der Waals surface area contributed by atoms with Gasteiger partial charge in [-0.1, -0.05) is 30.3 Å². The minimum atomic E-state index is -0.469. The van der Waals surface area contributed by atoms with Crippen LogP contribution in [-0.2, 0) is 9.59 Å². The van der Waals surface area contributed by atoms with Crippen LogP contribution in [0.5, 0.6) is 17.2 Å². The summed E-state index contributed by atoms with van der Waals surface area (Å²) in [5.74, 6) is 0.760. The fourth-order valence-electron chi connectivity index (χ4n) is 3.62. The molecule has 0 aliphatic carbocycles. The fraction of sp³-hybridized carbons (Fsp3) is 0.154. The van der Waals surface area contributed by atoms with E-state index in [1.165, 1.54) is 14.2 Å². The molecular formula is C26H24N2O5. The highest BCUT2D eigenvalue weighted by atomic mass is 16.5. The normalized spacial score (nSPS) is 13.4. The second-order valence-corrected chi connectivity index (χ2v) is 7.21. The van der Waals surface area contributed by atoms with Crippen LogP contribution >= 0.6 is 0 Å². The zero-order valence-electron chi connectivity index (χ0n) is 18.6. The number of hydrogen-bond acceptors (Lipinski definition) is 6. The fourth-order valence-corrected chi connectivity index (χ4v) is 3.62. The van der Waals surface area contributed by atoms with Crippen LogP contribution in [0, 0.1) is 0 Å². The van der Waals surface area contributed by atoms with E-state index in [2.05, 4.69) is 5.32 Å². The standard InChI is InChI=1S/C26H24N2O5/c1-4-33-20-12-10-18(11-13-20)27-24-23(17-8-6-5-7-9-17)25(29)28(26(24)30)19-14-21(31-2)16-22(15-19)32-3/h5-16,27H,4H2,1-3H3. The van der Waals surface area contributed by atoms with Gasteiger partial charge in [-0.15, -0.1) is 0 Å². The number of nitrogens with zero attached hydrogens (tertiary/aromatic N) is 1. The van der Waals surface area contributed by atoms with E-state index in [-0.39, 0.29) is 11.3 Å². The lowest BCUT2D eigenvalue weighted by atomic mass is 10.0. The molecule has 0 saturated heterocycles. The predicted octanol–water partition coefficient (Wildman–Crippen LogP) is 4.50. The Morgan fingerprint density at radius 3 is 2.00 bits per heavy atom. The minimum Gasteiger partial charge on any atom is -0.497 e. The molecule has 168 valence electrons. The van der Waals surface area contributed by atoms with Crippen molar-refractivity contribution in [1.29, 1.82) is 0 Å².